The zero-order chi connectivity index (χ0) is 17.4. The minimum Gasteiger partial charge on any atom is -0.496 e. The number of carbonyl (C=O) groups excluding carboxylic acids is 1. The average molecular weight is 325 g/mol. The van der Waals surface area contributed by atoms with Crippen molar-refractivity contribution in [1.29, 1.82) is 0 Å². The van der Waals surface area contributed by atoms with Crippen LogP contribution in [0.4, 0.5) is 0 Å². The number of hydrogen-bond acceptors (Lipinski definition) is 4. The van der Waals surface area contributed by atoms with Gasteiger partial charge in [0.15, 0.2) is 0 Å². The molecule has 1 amide bonds. The first-order valence-corrected chi connectivity index (χ1v) is 7.77. The number of pyridine rings is 1. The summed E-state index contributed by atoms with van der Waals surface area (Å²) in [4.78, 5) is 18.1. The van der Waals surface area contributed by atoms with Crippen LogP contribution < -0.4 is 10.1 Å². The van der Waals surface area contributed by atoms with Gasteiger partial charge in [0.25, 0.3) is 0 Å². The van der Waals surface area contributed by atoms with E-state index < -0.39 is 0 Å². The summed E-state index contributed by atoms with van der Waals surface area (Å²) in [6, 6.07) is 11.6. The van der Waals surface area contributed by atoms with E-state index in [0.29, 0.717) is 6.54 Å². The molecular weight excluding hydrogens is 302 g/mol. The van der Waals surface area contributed by atoms with Crippen LogP contribution in [0.1, 0.15) is 17.2 Å². The molecule has 1 atom stereocenters. The molecule has 1 aromatic heterocycles. The number of benzene rings is 1. The molecule has 1 heterocycles. The van der Waals surface area contributed by atoms with Crippen LogP contribution in [0, 0.1) is 0 Å². The van der Waals surface area contributed by atoms with Gasteiger partial charge in [-0.1, -0.05) is 24.3 Å². The highest BCUT2D eigenvalue weighted by atomic mass is 16.5. The fourth-order valence-corrected chi connectivity index (χ4v) is 2.42. The second kappa shape index (κ2) is 8.84. The molecule has 0 bridgehead atoms. The van der Waals surface area contributed by atoms with Gasteiger partial charge in [-0.05, 0) is 37.9 Å². The van der Waals surface area contributed by atoms with Gasteiger partial charge in [-0.25, -0.2) is 0 Å². The van der Waals surface area contributed by atoms with Crippen molar-refractivity contribution in [3.63, 3.8) is 0 Å². The third-order valence-corrected chi connectivity index (χ3v) is 3.70. The Hall–Kier alpha value is -2.66. The number of aromatic nitrogens is 1. The maximum absolute atomic E-state index is 12.1. The van der Waals surface area contributed by atoms with E-state index in [2.05, 4.69) is 15.2 Å². The Morgan fingerprint density at radius 3 is 2.75 bits per heavy atom. The van der Waals surface area contributed by atoms with Gasteiger partial charge in [-0.15, -0.1) is 0 Å². The second-order valence-electron chi connectivity index (χ2n) is 5.59. The highest BCUT2D eigenvalue weighted by Crippen LogP contribution is 2.27. The molecule has 0 saturated heterocycles. The number of ether oxygens (including phenoxy) is 1. The zero-order valence-corrected chi connectivity index (χ0v) is 14.3. The van der Waals surface area contributed by atoms with Crippen LogP contribution in [0.3, 0.4) is 0 Å². The fraction of sp³-hybridized carbons (Fsp3) is 0.263. The number of amides is 1. The number of nitrogens with one attached hydrogen (secondary N) is 1. The van der Waals surface area contributed by atoms with Gasteiger partial charge >= 0.3 is 0 Å². The summed E-state index contributed by atoms with van der Waals surface area (Å²) in [5.74, 6) is 0.678. The minimum absolute atomic E-state index is 0.0249. The number of nitrogens with zero attached hydrogens (tertiary/aromatic N) is 2. The van der Waals surface area contributed by atoms with Crippen molar-refractivity contribution in [2.45, 2.75) is 6.04 Å². The molecule has 0 aliphatic heterocycles. The molecule has 0 fully saturated rings. The molecule has 0 aliphatic carbocycles. The molecule has 0 aliphatic rings. The van der Waals surface area contributed by atoms with Gasteiger partial charge in [0.05, 0.1) is 13.2 Å². The van der Waals surface area contributed by atoms with Gasteiger partial charge in [0.1, 0.15) is 5.75 Å². The fourth-order valence-electron chi connectivity index (χ4n) is 2.42. The first kappa shape index (κ1) is 17.7. The summed E-state index contributed by atoms with van der Waals surface area (Å²) >= 11 is 0. The van der Waals surface area contributed by atoms with Gasteiger partial charge < -0.3 is 15.0 Å². The van der Waals surface area contributed by atoms with Crippen LogP contribution in [0.15, 0.2) is 54.9 Å². The molecular formula is C19H23N3O2. The van der Waals surface area contributed by atoms with Crippen molar-refractivity contribution < 1.29 is 9.53 Å². The monoisotopic (exact) mass is 325 g/mol. The van der Waals surface area contributed by atoms with E-state index in [4.69, 9.17) is 4.74 Å². The van der Waals surface area contributed by atoms with Crippen LogP contribution in [-0.4, -0.2) is 43.5 Å². The van der Waals surface area contributed by atoms with Gasteiger partial charge in [-0.2, -0.15) is 0 Å². The SMILES string of the molecule is COc1ccccc1C(CNC(=O)/C=C/c1cccnc1)N(C)C. The van der Waals surface area contributed by atoms with E-state index in [1.807, 2.05) is 50.5 Å². The largest absolute Gasteiger partial charge is 0.496 e. The van der Waals surface area contributed by atoms with Crippen molar-refractivity contribution in [1.82, 2.24) is 15.2 Å². The summed E-state index contributed by atoms with van der Waals surface area (Å²) in [6.07, 6.45) is 6.68. The average Bonchev–Trinajstić information content (AvgIpc) is 2.61. The van der Waals surface area contributed by atoms with E-state index in [9.17, 15) is 4.79 Å². The number of para-hydroxylation sites is 1. The van der Waals surface area contributed by atoms with Crippen molar-refractivity contribution >= 4 is 12.0 Å². The van der Waals surface area contributed by atoms with Crippen LogP contribution in [0.2, 0.25) is 0 Å². The highest BCUT2D eigenvalue weighted by molar-refractivity contribution is 5.91. The van der Waals surface area contributed by atoms with Crippen molar-refractivity contribution in [2.24, 2.45) is 0 Å². The second-order valence-corrected chi connectivity index (χ2v) is 5.59. The predicted molar refractivity (Wildman–Crippen MR) is 95.7 cm³/mol. The molecule has 0 saturated carbocycles. The highest BCUT2D eigenvalue weighted by Gasteiger charge is 2.18. The normalized spacial score (nSPS) is 12.3. The van der Waals surface area contributed by atoms with Crippen molar-refractivity contribution in [2.75, 3.05) is 27.7 Å². The van der Waals surface area contributed by atoms with Crippen LogP contribution >= 0.6 is 0 Å². The summed E-state index contributed by atoms with van der Waals surface area (Å²) in [5.41, 5.74) is 1.93. The summed E-state index contributed by atoms with van der Waals surface area (Å²) in [6.45, 7) is 0.490. The molecule has 1 aromatic carbocycles. The Bertz CT molecular complexity index is 684. The minimum atomic E-state index is -0.138. The number of hydrogen-bond donors (Lipinski definition) is 1. The Morgan fingerprint density at radius 2 is 2.08 bits per heavy atom. The first-order chi connectivity index (χ1) is 11.6. The lowest BCUT2D eigenvalue weighted by molar-refractivity contribution is -0.116. The molecule has 24 heavy (non-hydrogen) atoms. The summed E-state index contributed by atoms with van der Waals surface area (Å²) < 4.78 is 5.43. The lowest BCUT2D eigenvalue weighted by Crippen LogP contribution is -2.33. The standard InChI is InChI=1S/C19H23N3O2/c1-22(2)17(16-8-4-5-9-18(16)24-3)14-21-19(23)11-10-15-7-6-12-20-13-15/h4-13,17H,14H2,1-3H3,(H,21,23)/b11-10+. The maximum atomic E-state index is 12.1. The molecule has 0 spiro atoms. The number of rotatable bonds is 7. The molecule has 1 unspecified atom stereocenters. The number of likely N-dealkylation sites (N-methyl/N-ethyl adjacent to an activating group) is 1. The Balaban J connectivity index is 2.01. The van der Waals surface area contributed by atoms with E-state index in [-0.39, 0.29) is 11.9 Å². The molecule has 126 valence electrons. The lowest BCUT2D eigenvalue weighted by atomic mass is 10.0. The third-order valence-electron chi connectivity index (χ3n) is 3.70. The molecule has 2 rings (SSSR count). The molecule has 1 N–H and O–H groups in total. The van der Waals surface area contributed by atoms with E-state index in [0.717, 1.165) is 16.9 Å². The van der Waals surface area contributed by atoms with Crippen molar-refractivity contribution in [3.05, 3.63) is 66.0 Å². The predicted octanol–water partition coefficient (Wildman–Crippen LogP) is 2.52. The van der Waals surface area contributed by atoms with Gasteiger partial charge in [0, 0.05) is 30.6 Å². The quantitative estimate of drug-likeness (QED) is 0.795. The van der Waals surface area contributed by atoms with Crippen molar-refractivity contribution in [3.8, 4) is 5.75 Å². The lowest BCUT2D eigenvalue weighted by Gasteiger charge is -2.26. The molecule has 2 aromatic rings. The topological polar surface area (TPSA) is 54.5 Å². The Kier molecular flexibility index (Phi) is 6.51. The van der Waals surface area contributed by atoms with E-state index >= 15 is 0 Å². The van der Waals surface area contributed by atoms with Crippen LogP contribution in [0.5, 0.6) is 5.75 Å². The summed E-state index contributed by atoms with van der Waals surface area (Å²) in [5, 5.41) is 2.94. The Morgan fingerprint density at radius 1 is 1.29 bits per heavy atom. The zero-order valence-electron chi connectivity index (χ0n) is 14.3. The third kappa shape index (κ3) is 4.93. The van der Waals surface area contributed by atoms with E-state index in [1.165, 1.54) is 6.08 Å². The summed E-state index contributed by atoms with van der Waals surface area (Å²) in [7, 11) is 5.62. The molecule has 5 nitrogen and oxygen atoms in total. The van der Waals surface area contributed by atoms with Crippen LogP contribution in [0.25, 0.3) is 6.08 Å². The van der Waals surface area contributed by atoms with Crippen LogP contribution in [-0.2, 0) is 4.79 Å². The smallest absolute Gasteiger partial charge is 0.244 e. The first-order valence-electron chi connectivity index (χ1n) is 7.77. The van der Waals surface area contributed by atoms with Gasteiger partial charge in [0.2, 0.25) is 5.91 Å². The van der Waals surface area contributed by atoms with Gasteiger partial charge in [-0.3, -0.25) is 9.78 Å². The molecule has 5 heteroatoms. The number of methoxy groups -OCH3 is 1. The number of carbonyl (C=O) groups is 1. The van der Waals surface area contributed by atoms with E-state index in [1.54, 1.807) is 25.6 Å². The Labute approximate surface area is 143 Å². The molecule has 0 radical (unpaired) electrons. The maximum Gasteiger partial charge on any atom is 0.244 e.